The van der Waals surface area contributed by atoms with Crippen LogP contribution in [-0.4, -0.2) is 28.9 Å². The zero-order chi connectivity index (χ0) is 16.7. The van der Waals surface area contributed by atoms with Gasteiger partial charge in [-0.1, -0.05) is 23.7 Å². The summed E-state index contributed by atoms with van der Waals surface area (Å²) in [6, 6.07) is 11.0. The number of rotatable bonds is 6. The summed E-state index contributed by atoms with van der Waals surface area (Å²) in [4.78, 5) is 17.3. The van der Waals surface area contributed by atoms with Crippen molar-refractivity contribution >= 4 is 17.5 Å². The number of amides is 1. The van der Waals surface area contributed by atoms with Crippen LogP contribution in [0.25, 0.3) is 11.3 Å². The number of hydrogen-bond donors (Lipinski definition) is 0. The standard InChI is InChI=1S/C16H13ClN4O2/c17-13-4-2-1-3-12(13)14-11-20-15(23-14)5-6-16(22)21(9-7-18)10-8-19/h1-4,11H,5-6,9-10H2. The highest BCUT2D eigenvalue weighted by Crippen LogP contribution is 2.28. The van der Waals surface area contributed by atoms with Crippen molar-refractivity contribution in [2.24, 2.45) is 0 Å². The van der Waals surface area contributed by atoms with E-state index in [0.29, 0.717) is 16.7 Å². The molecule has 23 heavy (non-hydrogen) atoms. The molecule has 0 saturated heterocycles. The van der Waals surface area contributed by atoms with Crippen molar-refractivity contribution in [1.82, 2.24) is 9.88 Å². The maximum absolute atomic E-state index is 12.0. The van der Waals surface area contributed by atoms with Crippen LogP contribution in [0.3, 0.4) is 0 Å². The lowest BCUT2D eigenvalue weighted by Crippen LogP contribution is -2.31. The molecule has 116 valence electrons. The van der Waals surface area contributed by atoms with Gasteiger partial charge in [0.1, 0.15) is 13.1 Å². The maximum Gasteiger partial charge on any atom is 0.224 e. The molecule has 0 aliphatic heterocycles. The molecule has 1 heterocycles. The molecule has 0 fully saturated rings. The Morgan fingerprint density at radius 2 is 1.96 bits per heavy atom. The second kappa shape index (κ2) is 7.98. The summed E-state index contributed by atoms with van der Waals surface area (Å²) < 4.78 is 5.60. The van der Waals surface area contributed by atoms with Gasteiger partial charge in [-0.2, -0.15) is 10.5 Å². The van der Waals surface area contributed by atoms with Crippen molar-refractivity contribution in [1.29, 1.82) is 10.5 Å². The van der Waals surface area contributed by atoms with Gasteiger partial charge in [-0.25, -0.2) is 4.98 Å². The molecule has 0 aliphatic carbocycles. The quantitative estimate of drug-likeness (QED) is 0.760. The fourth-order valence-electron chi connectivity index (χ4n) is 1.99. The molecule has 0 atom stereocenters. The second-order valence-electron chi connectivity index (χ2n) is 4.66. The van der Waals surface area contributed by atoms with Gasteiger partial charge in [0.25, 0.3) is 0 Å². The van der Waals surface area contributed by atoms with Crippen molar-refractivity contribution in [2.45, 2.75) is 12.8 Å². The van der Waals surface area contributed by atoms with Crippen LogP contribution < -0.4 is 0 Å². The Labute approximate surface area is 138 Å². The monoisotopic (exact) mass is 328 g/mol. The molecule has 1 amide bonds. The summed E-state index contributed by atoms with van der Waals surface area (Å²) in [5.41, 5.74) is 0.731. The largest absolute Gasteiger partial charge is 0.441 e. The van der Waals surface area contributed by atoms with E-state index in [2.05, 4.69) is 4.98 Å². The minimum absolute atomic E-state index is 0.108. The lowest BCUT2D eigenvalue weighted by molar-refractivity contribution is -0.130. The zero-order valence-corrected chi connectivity index (χ0v) is 13.0. The van der Waals surface area contributed by atoms with Crippen molar-refractivity contribution < 1.29 is 9.21 Å². The predicted octanol–water partition coefficient (Wildman–Crippen LogP) is 2.80. The van der Waals surface area contributed by atoms with Gasteiger partial charge in [-0.05, 0) is 12.1 Å². The van der Waals surface area contributed by atoms with Gasteiger partial charge in [-0.3, -0.25) is 4.79 Å². The van der Waals surface area contributed by atoms with Crippen LogP contribution in [0.15, 0.2) is 34.9 Å². The number of oxazole rings is 1. The van der Waals surface area contributed by atoms with E-state index in [1.54, 1.807) is 12.3 Å². The highest BCUT2D eigenvalue weighted by atomic mass is 35.5. The first kappa shape index (κ1) is 16.5. The number of halogens is 1. The third-order valence-corrected chi connectivity index (χ3v) is 3.45. The van der Waals surface area contributed by atoms with Gasteiger partial charge < -0.3 is 9.32 Å². The van der Waals surface area contributed by atoms with Gasteiger partial charge >= 0.3 is 0 Å². The first-order valence-electron chi connectivity index (χ1n) is 6.87. The molecule has 0 unspecified atom stereocenters. The molecular weight excluding hydrogens is 316 g/mol. The molecule has 7 heteroatoms. The molecule has 2 rings (SSSR count). The highest BCUT2D eigenvalue weighted by molar-refractivity contribution is 6.33. The summed E-state index contributed by atoms with van der Waals surface area (Å²) in [7, 11) is 0. The third-order valence-electron chi connectivity index (χ3n) is 3.12. The Bertz CT molecular complexity index is 757. The summed E-state index contributed by atoms with van der Waals surface area (Å²) in [5.74, 6) is 0.650. The molecule has 0 N–H and O–H groups in total. The number of benzene rings is 1. The van der Waals surface area contributed by atoms with Crippen molar-refractivity contribution in [3.63, 3.8) is 0 Å². The molecule has 0 spiro atoms. The number of aryl methyl sites for hydroxylation is 1. The van der Waals surface area contributed by atoms with E-state index in [1.165, 1.54) is 4.90 Å². The molecular formula is C16H13ClN4O2. The van der Waals surface area contributed by atoms with Crippen LogP contribution in [0.4, 0.5) is 0 Å². The van der Waals surface area contributed by atoms with Crippen molar-refractivity contribution in [2.75, 3.05) is 13.1 Å². The van der Waals surface area contributed by atoms with Gasteiger partial charge in [0.15, 0.2) is 11.7 Å². The van der Waals surface area contributed by atoms with Crippen LogP contribution in [-0.2, 0) is 11.2 Å². The van der Waals surface area contributed by atoms with E-state index in [-0.39, 0.29) is 31.8 Å². The van der Waals surface area contributed by atoms with E-state index in [9.17, 15) is 4.79 Å². The van der Waals surface area contributed by atoms with Crippen LogP contribution in [0.2, 0.25) is 5.02 Å². The smallest absolute Gasteiger partial charge is 0.224 e. The van der Waals surface area contributed by atoms with E-state index in [0.717, 1.165) is 5.56 Å². The second-order valence-corrected chi connectivity index (χ2v) is 5.07. The molecule has 1 aromatic carbocycles. The predicted molar refractivity (Wildman–Crippen MR) is 83.1 cm³/mol. The minimum atomic E-state index is -0.286. The Morgan fingerprint density at radius 3 is 2.61 bits per heavy atom. The van der Waals surface area contributed by atoms with E-state index in [1.807, 2.05) is 30.3 Å². The third kappa shape index (κ3) is 4.32. The van der Waals surface area contributed by atoms with Crippen LogP contribution >= 0.6 is 11.6 Å². The normalized spacial score (nSPS) is 9.87. The average molecular weight is 329 g/mol. The van der Waals surface area contributed by atoms with Gasteiger partial charge in [0.2, 0.25) is 5.91 Å². The molecule has 2 aromatic rings. The summed E-state index contributed by atoms with van der Waals surface area (Å²) >= 11 is 6.10. The van der Waals surface area contributed by atoms with Gasteiger partial charge in [0, 0.05) is 18.4 Å². The SMILES string of the molecule is N#CCN(CC#N)C(=O)CCc1ncc(-c2ccccc2Cl)o1. The fraction of sp³-hybridized carbons (Fsp3) is 0.250. The van der Waals surface area contributed by atoms with Crippen molar-refractivity contribution in [3.8, 4) is 23.5 Å². The van der Waals surface area contributed by atoms with Crippen LogP contribution in [0.1, 0.15) is 12.3 Å². The van der Waals surface area contributed by atoms with Crippen molar-refractivity contribution in [3.05, 3.63) is 41.4 Å². The molecule has 1 aromatic heterocycles. The summed E-state index contributed by atoms with van der Waals surface area (Å²) in [6.45, 7) is -0.217. The fourth-order valence-corrected chi connectivity index (χ4v) is 2.22. The topological polar surface area (TPSA) is 93.9 Å². The van der Waals surface area contributed by atoms with E-state index in [4.69, 9.17) is 26.5 Å². The Balaban J connectivity index is 2.00. The lowest BCUT2D eigenvalue weighted by Gasteiger charge is -2.14. The molecule has 0 bridgehead atoms. The average Bonchev–Trinajstić information content (AvgIpc) is 3.01. The first-order chi connectivity index (χ1) is 11.2. The lowest BCUT2D eigenvalue weighted by atomic mass is 10.2. The van der Waals surface area contributed by atoms with Crippen LogP contribution in [0, 0.1) is 22.7 Å². The summed E-state index contributed by atoms with van der Waals surface area (Å²) in [5, 5.41) is 17.9. The molecule has 6 nitrogen and oxygen atoms in total. The number of carbonyl (C=O) groups excluding carboxylic acids is 1. The minimum Gasteiger partial charge on any atom is -0.441 e. The zero-order valence-electron chi connectivity index (χ0n) is 12.2. The van der Waals surface area contributed by atoms with Crippen LogP contribution in [0.5, 0.6) is 0 Å². The Kier molecular flexibility index (Phi) is 5.74. The van der Waals surface area contributed by atoms with Gasteiger partial charge in [-0.15, -0.1) is 0 Å². The van der Waals surface area contributed by atoms with E-state index >= 15 is 0 Å². The maximum atomic E-state index is 12.0. The summed E-state index contributed by atoms with van der Waals surface area (Å²) in [6.07, 6.45) is 1.96. The molecule has 0 saturated carbocycles. The number of hydrogen-bond acceptors (Lipinski definition) is 5. The molecule has 0 radical (unpaired) electrons. The van der Waals surface area contributed by atoms with Gasteiger partial charge in [0.05, 0.1) is 23.4 Å². The number of nitriles is 2. The Morgan fingerprint density at radius 1 is 1.26 bits per heavy atom. The first-order valence-corrected chi connectivity index (χ1v) is 7.24. The number of aromatic nitrogens is 1. The highest BCUT2D eigenvalue weighted by Gasteiger charge is 2.15. The number of nitrogens with zero attached hydrogens (tertiary/aromatic N) is 4. The molecule has 0 aliphatic rings. The number of carbonyl (C=O) groups is 1. The van der Waals surface area contributed by atoms with E-state index < -0.39 is 0 Å². The Hall–Kier alpha value is -2.83.